The van der Waals surface area contributed by atoms with Gasteiger partial charge in [-0.1, -0.05) is 48.9 Å². The van der Waals surface area contributed by atoms with Crippen molar-refractivity contribution in [3.63, 3.8) is 0 Å². The highest BCUT2D eigenvalue weighted by Gasteiger charge is 1.98. The Morgan fingerprint density at radius 1 is 1.31 bits per heavy atom. The van der Waals surface area contributed by atoms with E-state index >= 15 is 0 Å². The first-order chi connectivity index (χ1) is 7.72. The van der Waals surface area contributed by atoms with E-state index in [1.807, 2.05) is 18.2 Å². The predicted molar refractivity (Wildman–Crippen MR) is 65.4 cm³/mol. The first-order valence-corrected chi connectivity index (χ1v) is 5.66. The van der Waals surface area contributed by atoms with Crippen molar-refractivity contribution < 1.29 is 9.90 Å². The van der Waals surface area contributed by atoms with E-state index in [2.05, 4.69) is 25.1 Å². The Morgan fingerprint density at radius 3 is 2.56 bits per heavy atom. The van der Waals surface area contributed by atoms with Crippen LogP contribution in [0.25, 0.3) is 0 Å². The summed E-state index contributed by atoms with van der Waals surface area (Å²) in [5.41, 5.74) is 2.60. The van der Waals surface area contributed by atoms with Gasteiger partial charge in [0, 0.05) is 6.42 Å². The molecule has 0 unspecified atom stereocenters. The molecule has 0 saturated heterocycles. The zero-order chi connectivity index (χ0) is 11.8. The van der Waals surface area contributed by atoms with Crippen LogP contribution in [0, 0.1) is 0 Å². The molecule has 2 heteroatoms. The average Bonchev–Trinajstić information content (AvgIpc) is 2.28. The van der Waals surface area contributed by atoms with Crippen molar-refractivity contribution in [3.8, 4) is 0 Å². The van der Waals surface area contributed by atoms with E-state index in [4.69, 9.17) is 5.11 Å². The fourth-order valence-corrected chi connectivity index (χ4v) is 1.60. The van der Waals surface area contributed by atoms with Crippen LogP contribution in [-0.2, 0) is 11.2 Å². The highest BCUT2D eigenvalue weighted by molar-refractivity contribution is 5.66. The lowest BCUT2D eigenvalue weighted by atomic mass is 10.0. The molecule has 1 N–H and O–H groups in total. The normalized spacial score (nSPS) is 11.4. The van der Waals surface area contributed by atoms with Crippen LogP contribution < -0.4 is 0 Å². The summed E-state index contributed by atoms with van der Waals surface area (Å²) in [5, 5.41) is 8.56. The number of benzene rings is 1. The fraction of sp³-hybridized carbons (Fsp3) is 0.357. The van der Waals surface area contributed by atoms with Gasteiger partial charge in [-0.2, -0.15) is 0 Å². The minimum absolute atomic E-state index is 0.221. The van der Waals surface area contributed by atoms with Crippen molar-refractivity contribution in [2.24, 2.45) is 0 Å². The molecule has 86 valence electrons. The van der Waals surface area contributed by atoms with Gasteiger partial charge in [-0.05, 0) is 24.8 Å². The predicted octanol–water partition coefficient (Wildman–Crippen LogP) is 3.43. The molecule has 0 aliphatic rings. The maximum absolute atomic E-state index is 10.4. The third-order valence-electron chi connectivity index (χ3n) is 2.52. The number of hydrogen-bond acceptors (Lipinski definition) is 1. The number of carboxylic acid groups (broad SMARTS) is 1. The van der Waals surface area contributed by atoms with Crippen LogP contribution in [0.1, 0.15) is 31.7 Å². The van der Waals surface area contributed by atoms with Crippen molar-refractivity contribution >= 4 is 5.97 Å². The van der Waals surface area contributed by atoms with Crippen LogP contribution in [0.2, 0.25) is 0 Å². The monoisotopic (exact) mass is 218 g/mol. The molecule has 2 nitrogen and oxygen atoms in total. The molecule has 0 bridgehead atoms. The van der Waals surface area contributed by atoms with E-state index in [9.17, 15) is 4.79 Å². The summed E-state index contributed by atoms with van der Waals surface area (Å²) in [6, 6.07) is 10.3. The molecule has 0 saturated carbocycles. The standard InChI is InChI=1S/C14H18O2/c1-2-12(9-6-10-14(15)16)11-13-7-4-3-5-8-13/h3-5,7-9H,2,6,10-11H2,1H3,(H,15,16)/b12-9-. The molecular weight excluding hydrogens is 200 g/mol. The topological polar surface area (TPSA) is 37.3 Å². The van der Waals surface area contributed by atoms with Gasteiger partial charge in [-0.25, -0.2) is 0 Å². The van der Waals surface area contributed by atoms with Gasteiger partial charge in [0.1, 0.15) is 0 Å². The zero-order valence-corrected chi connectivity index (χ0v) is 9.65. The molecule has 1 aromatic rings. The molecule has 0 aromatic heterocycles. The summed E-state index contributed by atoms with van der Waals surface area (Å²) in [6.07, 6.45) is 4.82. The number of rotatable bonds is 6. The van der Waals surface area contributed by atoms with Crippen molar-refractivity contribution in [2.45, 2.75) is 32.6 Å². The van der Waals surface area contributed by atoms with E-state index in [-0.39, 0.29) is 6.42 Å². The van der Waals surface area contributed by atoms with Crippen LogP contribution in [0.15, 0.2) is 42.0 Å². The first kappa shape index (κ1) is 12.5. The average molecular weight is 218 g/mol. The molecule has 0 amide bonds. The van der Waals surface area contributed by atoms with E-state index in [1.165, 1.54) is 11.1 Å². The van der Waals surface area contributed by atoms with Gasteiger partial charge in [-0.15, -0.1) is 0 Å². The Labute approximate surface area is 96.6 Å². The van der Waals surface area contributed by atoms with E-state index < -0.39 is 5.97 Å². The minimum atomic E-state index is -0.730. The summed E-state index contributed by atoms with van der Waals surface area (Å²) < 4.78 is 0. The van der Waals surface area contributed by atoms with Gasteiger partial charge in [0.2, 0.25) is 0 Å². The van der Waals surface area contributed by atoms with Gasteiger partial charge in [0.15, 0.2) is 0 Å². The van der Waals surface area contributed by atoms with Crippen molar-refractivity contribution in [1.82, 2.24) is 0 Å². The molecule has 0 spiro atoms. The lowest BCUT2D eigenvalue weighted by Crippen LogP contribution is -1.94. The van der Waals surface area contributed by atoms with E-state index in [0.717, 1.165) is 12.8 Å². The first-order valence-electron chi connectivity index (χ1n) is 5.66. The van der Waals surface area contributed by atoms with Gasteiger partial charge in [0.25, 0.3) is 0 Å². The fourth-order valence-electron chi connectivity index (χ4n) is 1.60. The largest absolute Gasteiger partial charge is 0.481 e. The Balaban J connectivity index is 2.52. The molecule has 1 aromatic carbocycles. The molecule has 0 radical (unpaired) electrons. The SMILES string of the molecule is CC/C(=C/CCC(=O)O)Cc1ccccc1. The molecule has 0 atom stereocenters. The van der Waals surface area contributed by atoms with E-state index in [0.29, 0.717) is 6.42 Å². The second-order valence-electron chi connectivity index (χ2n) is 3.81. The summed E-state index contributed by atoms with van der Waals surface area (Å²) in [7, 11) is 0. The number of carboxylic acids is 1. The van der Waals surface area contributed by atoms with Crippen molar-refractivity contribution in [3.05, 3.63) is 47.5 Å². The Morgan fingerprint density at radius 2 is 2.00 bits per heavy atom. The summed E-state index contributed by atoms with van der Waals surface area (Å²) in [4.78, 5) is 10.4. The lowest BCUT2D eigenvalue weighted by molar-refractivity contribution is -0.136. The lowest BCUT2D eigenvalue weighted by Gasteiger charge is -2.04. The van der Waals surface area contributed by atoms with Crippen molar-refractivity contribution in [1.29, 1.82) is 0 Å². The highest BCUT2D eigenvalue weighted by atomic mass is 16.4. The highest BCUT2D eigenvalue weighted by Crippen LogP contribution is 2.12. The maximum Gasteiger partial charge on any atom is 0.303 e. The number of allylic oxidation sites excluding steroid dienone is 2. The summed E-state index contributed by atoms with van der Waals surface area (Å²) in [5.74, 6) is -0.730. The molecule has 0 heterocycles. The van der Waals surface area contributed by atoms with Crippen molar-refractivity contribution in [2.75, 3.05) is 0 Å². The van der Waals surface area contributed by atoms with Crippen LogP contribution in [0.4, 0.5) is 0 Å². The van der Waals surface area contributed by atoms with Crippen LogP contribution in [0.3, 0.4) is 0 Å². The number of aliphatic carboxylic acids is 1. The van der Waals surface area contributed by atoms with Gasteiger partial charge < -0.3 is 5.11 Å². The second-order valence-corrected chi connectivity index (χ2v) is 3.81. The molecule has 0 aliphatic carbocycles. The molecule has 0 fully saturated rings. The Kier molecular flexibility index (Phi) is 5.34. The molecule has 1 rings (SSSR count). The number of hydrogen-bond donors (Lipinski definition) is 1. The Bertz CT molecular complexity index is 352. The van der Waals surface area contributed by atoms with Gasteiger partial charge >= 0.3 is 5.97 Å². The second kappa shape index (κ2) is 6.83. The zero-order valence-electron chi connectivity index (χ0n) is 9.65. The van der Waals surface area contributed by atoms with Crippen LogP contribution in [-0.4, -0.2) is 11.1 Å². The minimum Gasteiger partial charge on any atom is -0.481 e. The maximum atomic E-state index is 10.4. The van der Waals surface area contributed by atoms with Gasteiger partial charge in [-0.3, -0.25) is 4.79 Å². The smallest absolute Gasteiger partial charge is 0.303 e. The number of carbonyl (C=O) groups is 1. The summed E-state index contributed by atoms with van der Waals surface area (Å²) in [6.45, 7) is 2.11. The Hall–Kier alpha value is -1.57. The van der Waals surface area contributed by atoms with Crippen LogP contribution >= 0.6 is 0 Å². The third kappa shape index (κ3) is 4.78. The third-order valence-corrected chi connectivity index (χ3v) is 2.52. The van der Waals surface area contributed by atoms with Gasteiger partial charge in [0.05, 0.1) is 0 Å². The molecule has 0 aliphatic heterocycles. The quantitative estimate of drug-likeness (QED) is 0.743. The summed E-state index contributed by atoms with van der Waals surface area (Å²) >= 11 is 0. The van der Waals surface area contributed by atoms with Crippen LogP contribution in [0.5, 0.6) is 0 Å². The molecular formula is C14H18O2. The van der Waals surface area contributed by atoms with E-state index in [1.54, 1.807) is 0 Å². The molecule has 16 heavy (non-hydrogen) atoms.